The van der Waals surface area contributed by atoms with Gasteiger partial charge in [-0.05, 0) is 41.7 Å². The highest BCUT2D eigenvalue weighted by Gasteiger charge is 2.37. The summed E-state index contributed by atoms with van der Waals surface area (Å²) in [5.41, 5.74) is 2.14. The monoisotopic (exact) mass is 463 g/mol. The Hall–Kier alpha value is -1.37. The first-order valence-corrected chi connectivity index (χ1v) is 11.0. The van der Waals surface area contributed by atoms with Crippen molar-refractivity contribution in [2.24, 2.45) is 5.92 Å². The molecule has 0 unspecified atom stereocenters. The van der Waals surface area contributed by atoms with E-state index >= 15 is 0 Å². The first-order valence-electron chi connectivity index (χ1n) is 8.91. The quantitative estimate of drug-likeness (QED) is 0.510. The van der Waals surface area contributed by atoms with E-state index in [2.05, 4.69) is 29.8 Å². The molecule has 3 nitrogen and oxygen atoms in total. The maximum Gasteiger partial charge on any atom is 0.241 e. The van der Waals surface area contributed by atoms with Gasteiger partial charge < -0.3 is 4.74 Å². The van der Waals surface area contributed by atoms with Crippen LogP contribution in [0.3, 0.4) is 0 Å². The van der Waals surface area contributed by atoms with Crippen LogP contribution in [-0.2, 0) is 17.8 Å². The molecule has 1 atom stereocenters. The SMILES string of the molecule is CC(C)CN1C(=O)[C@@H](Cc2ccccc2OCc2ccc(Br)cc2)SC1=S. The molecule has 27 heavy (non-hydrogen) atoms. The zero-order valence-corrected chi connectivity index (χ0v) is 18.6. The van der Waals surface area contributed by atoms with Crippen LogP contribution in [0, 0.1) is 5.92 Å². The van der Waals surface area contributed by atoms with E-state index in [4.69, 9.17) is 17.0 Å². The fourth-order valence-electron chi connectivity index (χ4n) is 2.91. The maximum atomic E-state index is 12.8. The van der Waals surface area contributed by atoms with Crippen molar-refractivity contribution in [1.29, 1.82) is 0 Å². The van der Waals surface area contributed by atoms with E-state index in [9.17, 15) is 4.79 Å². The average Bonchev–Trinajstić information content (AvgIpc) is 2.89. The predicted octanol–water partition coefficient (Wildman–Crippen LogP) is 5.46. The Balaban J connectivity index is 1.68. The van der Waals surface area contributed by atoms with E-state index in [0.29, 0.717) is 29.8 Å². The standard InChI is InChI=1S/C21H22BrNO2S2/c1-14(2)12-23-20(24)19(27-21(23)26)11-16-5-3-4-6-18(16)25-13-15-7-9-17(22)10-8-15/h3-10,14,19H,11-13H2,1-2H3/t19-/m1/s1. The third kappa shape index (κ3) is 5.33. The summed E-state index contributed by atoms with van der Waals surface area (Å²) in [6.45, 7) is 5.37. The predicted molar refractivity (Wildman–Crippen MR) is 119 cm³/mol. The molecule has 6 heteroatoms. The summed E-state index contributed by atoms with van der Waals surface area (Å²) >= 11 is 10.4. The maximum absolute atomic E-state index is 12.8. The van der Waals surface area contributed by atoms with Crippen LogP contribution in [0.15, 0.2) is 53.0 Å². The minimum absolute atomic E-state index is 0.112. The van der Waals surface area contributed by atoms with Crippen molar-refractivity contribution in [2.45, 2.75) is 32.1 Å². The number of carbonyl (C=O) groups is 1. The number of para-hydroxylation sites is 1. The van der Waals surface area contributed by atoms with E-state index in [-0.39, 0.29) is 11.2 Å². The van der Waals surface area contributed by atoms with Gasteiger partial charge in [0.1, 0.15) is 16.7 Å². The summed E-state index contributed by atoms with van der Waals surface area (Å²) in [5, 5.41) is -0.173. The lowest BCUT2D eigenvalue weighted by atomic mass is 10.1. The van der Waals surface area contributed by atoms with Gasteiger partial charge in [0.15, 0.2) is 0 Å². The average molecular weight is 464 g/mol. The van der Waals surface area contributed by atoms with E-state index in [1.54, 1.807) is 4.90 Å². The van der Waals surface area contributed by atoms with E-state index in [1.165, 1.54) is 11.8 Å². The number of benzene rings is 2. The van der Waals surface area contributed by atoms with Crippen LogP contribution in [0.2, 0.25) is 0 Å². The lowest BCUT2D eigenvalue weighted by Gasteiger charge is -2.18. The molecule has 0 radical (unpaired) electrons. The second kappa shape index (κ2) is 9.22. The number of hydrogen-bond donors (Lipinski definition) is 0. The van der Waals surface area contributed by atoms with Crippen molar-refractivity contribution < 1.29 is 9.53 Å². The van der Waals surface area contributed by atoms with Gasteiger partial charge in [-0.25, -0.2) is 0 Å². The lowest BCUT2D eigenvalue weighted by molar-refractivity contribution is -0.126. The molecule has 2 aromatic carbocycles. The Kier molecular flexibility index (Phi) is 6.95. The van der Waals surface area contributed by atoms with Crippen LogP contribution in [0.5, 0.6) is 5.75 Å². The second-order valence-corrected chi connectivity index (χ2v) is 9.69. The first-order chi connectivity index (χ1) is 12.9. The fraction of sp³-hybridized carbons (Fsp3) is 0.333. The summed E-state index contributed by atoms with van der Waals surface area (Å²) in [5.74, 6) is 1.33. The first kappa shape index (κ1) is 20.4. The van der Waals surface area contributed by atoms with Crippen LogP contribution in [0.25, 0.3) is 0 Å². The summed E-state index contributed by atoms with van der Waals surface area (Å²) in [6.07, 6.45) is 0.620. The Morgan fingerprint density at radius 2 is 1.89 bits per heavy atom. The Labute approximate surface area is 178 Å². The molecule has 0 aliphatic carbocycles. The number of nitrogens with zero attached hydrogens (tertiary/aromatic N) is 1. The Morgan fingerprint density at radius 3 is 2.59 bits per heavy atom. The van der Waals surface area contributed by atoms with Gasteiger partial charge in [0, 0.05) is 11.0 Å². The highest BCUT2D eigenvalue weighted by atomic mass is 79.9. The van der Waals surface area contributed by atoms with Crippen molar-refractivity contribution in [3.05, 3.63) is 64.1 Å². The molecule has 0 bridgehead atoms. The van der Waals surface area contributed by atoms with Crippen molar-refractivity contribution in [2.75, 3.05) is 6.54 Å². The molecule has 0 spiro atoms. The number of rotatable bonds is 7. The highest BCUT2D eigenvalue weighted by molar-refractivity contribution is 9.10. The van der Waals surface area contributed by atoms with Gasteiger partial charge in [0.2, 0.25) is 5.91 Å². The number of ether oxygens (including phenoxy) is 1. The van der Waals surface area contributed by atoms with Crippen molar-refractivity contribution >= 4 is 50.1 Å². The zero-order chi connectivity index (χ0) is 19.4. The number of halogens is 1. The van der Waals surface area contributed by atoms with Crippen LogP contribution in [0.1, 0.15) is 25.0 Å². The number of hydrogen-bond acceptors (Lipinski definition) is 4. The minimum atomic E-state index is -0.173. The molecule has 0 N–H and O–H groups in total. The minimum Gasteiger partial charge on any atom is -0.489 e. The molecule has 0 aromatic heterocycles. The molecule has 2 aromatic rings. The second-order valence-electron chi connectivity index (χ2n) is 6.94. The number of thiocarbonyl (C=S) groups is 1. The van der Waals surface area contributed by atoms with Crippen molar-refractivity contribution in [1.82, 2.24) is 4.90 Å². The van der Waals surface area contributed by atoms with Crippen molar-refractivity contribution in [3.8, 4) is 5.75 Å². The van der Waals surface area contributed by atoms with Crippen LogP contribution >= 0.6 is 39.9 Å². The largest absolute Gasteiger partial charge is 0.489 e. The molecule has 0 saturated carbocycles. The van der Waals surface area contributed by atoms with Crippen LogP contribution < -0.4 is 4.74 Å². The van der Waals surface area contributed by atoms with E-state index in [0.717, 1.165) is 21.3 Å². The zero-order valence-electron chi connectivity index (χ0n) is 15.4. The summed E-state index contributed by atoms with van der Waals surface area (Å²) in [4.78, 5) is 14.5. The Bertz CT molecular complexity index is 823. The molecular weight excluding hydrogens is 442 g/mol. The Morgan fingerprint density at radius 1 is 1.19 bits per heavy atom. The number of carbonyl (C=O) groups excluding carboxylic acids is 1. The molecule has 1 aliphatic heterocycles. The van der Waals surface area contributed by atoms with Gasteiger partial charge >= 0.3 is 0 Å². The molecule has 1 saturated heterocycles. The smallest absolute Gasteiger partial charge is 0.241 e. The third-order valence-electron chi connectivity index (χ3n) is 4.24. The molecule has 3 rings (SSSR count). The van der Waals surface area contributed by atoms with Gasteiger partial charge in [-0.3, -0.25) is 9.69 Å². The topological polar surface area (TPSA) is 29.5 Å². The highest BCUT2D eigenvalue weighted by Crippen LogP contribution is 2.33. The molecule has 1 heterocycles. The van der Waals surface area contributed by atoms with Gasteiger partial charge in [-0.15, -0.1) is 0 Å². The third-order valence-corrected chi connectivity index (χ3v) is 6.35. The molecule has 1 aliphatic rings. The van der Waals surface area contributed by atoms with Gasteiger partial charge in [-0.1, -0.05) is 84.1 Å². The van der Waals surface area contributed by atoms with Gasteiger partial charge in [0.05, 0.1) is 5.25 Å². The molecular formula is C21H22BrNO2S2. The van der Waals surface area contributed by atoms with Crippen molar-refractivity contribution in [3.63, 3.8) is 0 Å². The fourth-order valence-corrected chi connectivity index (χ4v) is 4.72. The summed E-state index contributed by atoms with van der Waals surface area (Å²) in [7, 11) is 0. The summed E-state index contributed by atoms with van der Waals surface area (Å²) in [6, 6.07) is 16.0. The molecule has 1 amide bonds. The lowest BCUT2D eigenvalue weighted by Crippen LogP contribution is -2.34. The summed E-state index contributed by atoms with van der Waals surface area (Å²) < 4.78 is 7.78. The van der Waals surface area contributed by atoms with Gasteiger partial charge in [0.25, 0.3) is 0 Å². The normalized spacial score (nSPS) is 17.0. The molecule has 142 valence electrons. The van der Waals surface area contributed by atoms with Crippen LogP contribution in [-0.4, -0.2) is 26.9 Å². The van der Waals surface area contributed by atoms with E-state index < -0.39 is 0 Å². The number of amides is 1. The van der Waals surface area contributed by atoms with Crippen LogP contribution in [0.4, 0.5) is 0 Å². The number of thioether (sulfide) groups is 1. The van der Waals surface area contributed by atoms with Gasteiger partial charge in [-0.2, -0.15) is 0 Å². The molecule has 1 fully saturated rings. The van der Waals surface area contributed by atoms with E-state index in [1.807, 2.05) is 48.5 Å².